The molecule has 0 spiro atoms. The molecule has 2 aromatic carbocycles. The van der Waals surface area contributed by atoms with Gasteiger partial charge in [0.25, 0.3) is 0 Å². The number of ether oxygens (including phenoxy) is 2. The van der Waals surface area contributed by atoms with E-state index in [0.717, 1.165) is 18.4 Å². The van der Waals surface area contributed by atoms with Crippen molar-refractivity contribution in [3.8, 4) is 34.3 Å². The minimum absolute atomic E-state index is 0.0544. The maximum atomic E-state index is 10.8. The summed E-state index contributed by atoms with van der Waals surface area (Å²) in [5.41, 5.74) is 1.86. The largest absolute Gasteiger partial charge is 0.508 e. The molecule has 1 aliphatic heterocycles. The second-order valence-corrected chi connectivity index (χ2v) is 7.39. The smallest absolute Gasteiger partial charge is 0.148 e. The van der Waals surface area contributed by atoms with Crippen LogP contribution in [0.15, 0.2) is 28.7 Å². The van der Waals surface area contributed by atoms with Crippen molar-refractivity contribution in [3.05, 3.63) is 35.4 Å². The van der Waals surface area contributed by atoms with Gasteiger partial charge in [0, 0.05) is 28.6 Å². The van der Waals surface area contributed by atoms with Gasteiger partial charge >= 0.3 is 0 Å². The zero-order valence-corrected chi connectivity index (χ0v) is 15.5. The lowest BCUT2D eigenvalue weighted by Crippen LogP contribution is -2.32. The average molecular weight is 370 g/mol. The van der Waals surface area contributed by atoms with E-state index in [1.165, 1.54) is 19.2 Å². The van der Waals surface area contributed by atoms with Crippen molar-refractivity contribution in [1.29, 1.82) is 0 Å². The Labute approximate surface area is 156 Å². The molecule has 0 bridgehead atoms. The summed E-state index contributed by atoms with van der Waals surface area (Å²) in [7, 11) is 1.53. The number of aliphatic hydroxyl groups is 1. The number of aliphatic hydroxyl groups excluding tert-OH is 1. The van der Waals surface area contributed by atoms with E-state index in [1.807, 2.05) is 13.8 Å². The van der Waals surface area contributed by atoms with Crippen LogP contribution in [0.1, 0.15) is 31.4 Å². The highest BCUT2D eigenvalue weighted by molar-refractivity contribution is 5.92. The molecule has 4 rings (SSSR count). The fourth-order valence-electron chi connectivity index (χ4n) is 3.71. The summed E-state index contributed by atoms with van der Waals surface area (Å²) in [4.78, 5) is 0. The van der Waals surface area contributed by atoms with E-state index < -0.39 is 0 Å². The Bertz CT molecular complexity index is 1030. The van der Waals surface area contributed by atoms with Crippen LogP contribution in [0.5, 0.6) is 23.0 Å². The SMILES string of the molecule is COc1c2c(cc(O)c1-c1oc3cc(O)ccc3c1CO)OC(C)(C)CC2. The van der Waals surface area contributed by atoms with Crippen LogP contribution in [-0.4, -0.2) is 28.0 Å². The summed E-state index contributed by atoms with van der Waals surface area (Å²) in [5.74, 6) is 1.38. The van der Waals surface area contributed by atoms with Gasteiger partial charge in [0.1, 0.15) is 45.5 Å². The molecule has 6 nitrogen and oxygen atoms in total. The Kier molecular flexibility index (Phi) is 3.96. The van der Waals surface area contributed by atoms with Crippen LogP contribution in [0.4, 0.5) is 0 Å². The Balaban J connectivity index is 1.99. The van der Waals surface area contributed by atoms with Gasteiger partial charge < -0.3 is 29.2 Å². The van der Waals surface area contributed by atoms with Crippen LogP contribution < -0.4 is 9.47 Å². The fourth-order valence-corrected chi connectivity index (χ4v) is 3.71. The topological polar surface area (TPSA) is 92.3 Å². The number of benzene rings is 2. The monoisotopic (exact) mass is 370 g/mol. The quantitative estimate of drug-likeness (QED) is 0.642. The summed E-state index contributed by atoms with van der Waals surface area (Å²) in [6.45, 7) is 3.72. The fraction of sp³-hybridized carbons (Fsp3) is 0.333. The van der Waals surface area contributed by atoms with Gasteiger partial charge in [-0.2, -0.15) is 0 Å². The third-order valence-corrected chi connectivity index (χ3v) is 5.05. The van der Waals surface area contributed by atoms with Crippen molar-refractivity contribution < 1.29 is 29.2 Å². The molecule has 0 unspecified atom stereocenters. The second kappa shape index (κ2) is 6.09. The molecule has 1 aliphatic rings. The van der Waals surface area contributed by atoms with E-state index in [1.54, 1.807) is 12.1 Å². The minimum Gasteiger partial charge on any atom is -0.508 e. The Morgan fingerprint density at radius 1 is 1.19 bits per heavy atom. The molecule has 0 aliphatic carbocycles. The van der Waals surface area contributed by atoms with Crippen molar-refractivity contribution in [3.63, 3.8) is 0 Å². The Hall–Kier alpha value is -2.86. The molecule has 0 radical (unpaired) electrons. The Morgan fingerprint density at radius 2 is 1.96 bits per heavy atom. The van der Waals surface area contributed by atoms with Crippen molar-refractivity contribution in [2.24, 2.45) is 0 Å². The first-order chi connectivity index (χ1) is 12.8. The van der Waals surface area contributed by atoms with Crippen LogP contribution >= 0.6 is 0 Å². The van der Waals surface area contributed by atoms with Crippen molar-refractivity contribution >= 4 is 11.0 Å². The molecule has 142 valence electrons. The van der Waals surface area contributed by atoms with Crippen LogP contribution in [-0.2, 0) is 13.0 Å². The summed E-state index contributed by atoms with van der Waals surface area (Å²) in [6, 6.07) is 6.25. The van der Waals surface area contributed by atoms with Gasteiger partial charge in [0.15, 0.2) is 0 Å². The molecule has 2 heterocycles. The summed E-state index contributed by atoms with van der Waals surface area (Å²) < 4.78 is 17.6. The molecular formula is C21H22O6. The summed E-state index contributed by atoms with van der Waals surface area (Å²) in [6.07, 6.45) is 1.54. The third-order valence-electron chi connectivity index (χ3n) is 5.05. The van der Waals surface area contributed by atoms with Crippen LogP contribution in [0.2, 0.25) is 0 Å². The standard InChI is InChI=1S/C21H22O6/c1-21(2)7-6-13-17(27-21)9-15(24)18(19(13)25-3)20-14(10-22)12-5-4-11(23)8-16(12)26-20/h4-5,8-9,22-24H,6-7,10H2,1-3H3. The zero-order valence-electron chi connectivity index (χ0n) is 15.5. The second-order valence-electron chi connectivity index (χ2n) is 7.39. The molecule has 0 atom stereocenters. The van der Waals surface area contributed by atoms with Gasteiger partial charge in [-0.25, -0.2) is 0 Å². The van der Waals surface area contributed by atoms with Gasteiger partial charge in [-0.3, -0.25) is 0 Å². The van der Waals surface area contributed by atoms with E-state index in [0.29, 0.717) is 39.4 Å². The molecule has 0 fully saturated rings. The van der Waals surface area contributed by atoms with Crippen molar-refractivity contribution in [2.45, 2.75) is 38.9 Å². The molecule has 0 saturated carbocycles. The number of hydrogen-bond donors (Lipinski definition) is 3. The molecule has 3 aromatic rings. The van der Waals surface area contributed by atoms with E-state index in [4.69, 9.17) is 13.9 Å². The maximum absolute atomic E-state index is 10.8. The lowest BCUT2D eigenvalue weighted by Gasteiger charge is -2.33. The number of rotatable bonds is 3. The number of phenols is 2. The molecule has 0 amide bonds. The normalized spacial score (nSPS) is 15.4. The van der Waals surface area contributed by atoms with E-state index in [9.17, 15) is 15.3 Å². The number of phenolic OH excluding ortho intramolecular Hbond substituents is 2. The molecule has 0 saturated heterocycles. The highest BCUT2D eigenvalue weighted by Crippen LogP contribution is 2.50. The van der Waals surface area contributed by atoms with Gasteiger partial charge in [-0.15, -0.1) is 0 Å². The molecule has 6 heteroatoms. The number of aromatic hydroxyl groups is 2. The third kappa shape index (κ3) is 2.77. The van der Waals surface area contributed by atoms with E-state index in [-0.39, 0.29) is 23.7 Å². The van der Waals surface area contributed by atoms with Gasteiger partial charge in [-0.05, 0) is 38.8 Å². The molecule has 27 heavy (non-hydrogen) atoms. The number of methoxy groups -OCH3 is 1. The average Bonchev–Trinajstić information content (AvgIpc) is 2.96. The number of hydrogen-bond acceptors (Lipinski definition) is 6. The summed E-state index contributed by atoms with van der Waals surface area (Å²) >= 11 is 0. The van der Waals surface area contributed by atoms with E-state index >= 15 is 0 Å². The van der Waals surface area contributed by atoms with Crippen LogP contribution in [0, 0.1) is 0 Å². The van der Waals surface area contributed by atoms with Crippen LogP contribution in [0.3, 0.4) is 0 Å². The number of furan rings is 1. The highest BCUT2D eigenvalue weighted by Gasteiger charge is 2.33. The highest BCUT2D eigenvalue weighted by atomic mass is 16.5. The van der Waals surface area contributed by atoms with Crippen molar-refractivity contribution in [1.82, 2.24) is 0 Å². The first-order valence-corrected chi connectivity index (χ1v) is 8.82. The van der Waals surface area contributed by atoms with Gasteiger partial charge in [-0.1, -0.05) is 0 Å². The zero-order chi connectivity index (χ0) is 19.3. The lowest BCUT2D eigenvalue weighted by atomic mass is 9.91. The predicted molar refractivity (Wildman–Crippen MR) is 100 cm³/mol. The summed E-state index contributed by atoms with van der Waals surface area (Å²) in [5, 5.41) is 31.1. The minimum atomic E-state index is -0.320. The molecular weight excluding hydrogens is 348 g/mol. The first-order valence-electron chi connectivity index (χ1n) is 8.82. The first kappa shape index (κ1) is 17.5. The van der Waals surface area contributed by atoms with Gasteiger partial charge in [0.2, 0.25) is 0 Å². The van der Waals surface area contributed by atoms with Crippen LogP contribution in [0.25, 0.3) is 22.3 Å². The Morgan fingerprint density at radius 3 is 2.67 bits per heavy atom. The number of fused-ring (bicyclic) bond motifs is 2. The predicted octanol–water partition coefficient (Wildman–Crippen LogP) is 4.12. The molecule has 1 aromatic heterocycles. The lowest BCUT2D eigenvalue weighted by molar-refractivity contribution is 0.0833. The van der Waals surface area contributed by atoms with E-state index in [2.05, 4.69) is 0 Å². The molecule has 3 N–H and O–H groups in total. The van der Waals surface area contributed by atoms with Crippen molar-refractivity contribution in [2.75, 3.05) is 7.11 Å². The maximum Gasteiger partial charge on any atom is 0.148 e. The van der Waals surface area contributed by atoms with Gasteiger partial charge in [0.05, 0.1) is 13.7 Å².